The van der Waals surface area contributed by atoms with E-state index in [1.165, 1.54) is 25.3 Å². The third-order valence-corrected chi connectivity index (χ3v) is 5.60. The van der Waals surface area contributed by atoms with Crippen LogP contribution in [0.25, 0.3) is 0 Å². The Kier molecular flexibility index (Phi) is 4.70. The lowest BCUT2D eigenvalue weighted by atomic mass is 9.66. The highest BCUT2D eigenvalue weighted by Gasteiger charge is 2.37. The number of benzene rings is 1. The van der Waals surface area contributed by atoms with Crippen LogP contribution >= 0.6 is 15.9 Å². The average Bonchev–Trinajstić information content (AvgIpc) is 2.27. The Bertz CT molecular complexity index is 427. The molecule has 0 nitrogen and oxygen atoms in total. The zero-order valence-electron chi connectivity index (χ0n) is 12.1. The molecule has 0 aliphatic heterocycles. The zero-order valence-corrected chi connectivity index (χ0v) is 13.7. The molecule has 2 rings (SSSR count). The van der Waals surface area contributed by atoms with Crippen molar-refractivity contribution in [2.45, 2.75) is 51.3 Å². The first kappa shape index (κ1) is 15.0. The normalized spacial score (nSPS) is 28.4. The van der Waals surface area contributed by atoms with Crippen molar-refractivity contribution in [1.29, 1.82) is 0 Å². The molecule has 1 aliphatic carbocycles. The van der Waals surface area contributed by atoms with Gasteiger partial charge in [0, 0.05) is 4.83 Å². The van der Waals surface area contributed by atoms with Crippen LogP contribution in [0.15, 0.2) is 24.3 Å². The van der Waals surface area contributed by atoms with Crippen molar-refractivity contribution in [1.82, 2.24) is 0 Å². The predicted octanol–water partition coefficient (Wildman–Crippen LogP) is 5.59. The van der Waals surface area contributed by atoms with Gasteiger partial charge in [-0.1, -0.05) is 55.3 Å². The second-order valence-corrected chi connectivity index (χ2v) is 8.01. The summed E-state index contributed by atoms with van der Waals surface area (Å²) in [4.78, 5) is 0.597. The Hall–Kier alpha value is -0.370. The summed E-state index contributed by atoms with van der Waals surface area (Å²) >= 11 is 3.88. The summed E-state index contributed by atoms with van der Waals surface area (Å²) in [6, 6.07) is 7.05. The van der Waals surface area contributed by atoms with Gasteiger partial charge in [-0.05, 0) is 54.2 Å². The Balaban J connectivity index is 2.09. The van der Waals surface area contributed by atoms with Gasteiger partial charge in [0.15, 0.2) is 0 Å². The molecule has 19 heavy (non-hydrogen) atoms. The molecule has 1 aliphatic rings. The smallest absolute Gasteiger partial charge is 0.123 e. The fourth-order valence-corrected chi connectivity index (χ4v) is 5.11. The maximum Gasteiger partial charge on any atom is 0.123 e. The van der Waals surface area contributed by atoms with Crippen molar-refractivity contribution in [2.75, 3.05) is 0 Å². The molecule has 0 radical (unpaired) electrons. The van der Waals surface area contributed by atoms with E-state index in [0.717, 1.165) is 17.9 Å². The van der Waals surface area contributed by atoms with Crippen LogP contribution in [0.1, 0.15) is 45.6 Å². The van der Waals surface area contributed by atoms with Crippen molar-refractivity contribution in [3.8, 4) is 0 Å². The van der Waals surface area contributed by atoms with Gasteiger partial charge >= 0.3 is 0 Å². The molecule has 0 saturated heterocycles. The van der Waals surface area contributed by atoms with Crippen LogP contribution < -0.4 is 0 Å². The lowest BCUT2D eigenvalue weighted by Gasteiger charge is -2.42. The molecule has 1 aromatic carbocycles. The molecule has 0 amide bonds. The standard InChI is InChI=1S/C17H24BrF/c1-12-7-8-15(16(18)9-12)17(2,3)11-13-5-4-6-14(19)10-13/h4-6,10,12,15-16H,7-9,11H2,1-3H3. The number of halogens is 2. The van der Waals surface area contributed by atoms with E-state index >= 15 is 0 Å². The van der Waals surface area contributed by atoms with Crippen molar-refractivity contribution < 1.29 is 4.39 Å². The van der Waals surface area contributed by atoms with Gasteiger partial charge in [0.25, 0.3) is 0 Å². The molecular weight excluding hydrogens is 303 g/mol. The summed E-state index contributed by atoms with van der Waals surface area (Å²) in [7, 11) is 0. The first-order chi connectivity index (χ1) is 8.88. The summed E-state index contributed by atoms with van der Waals surface area (Å²) in [6.45, 7) is 6.99. The van der Waals surface area contributed by atoms with E-state index in [-0.39, 0.29) is 11.2 Å². The van der Waals surface area contributed by atoms with Crippen LogP contribution in [-0.4, -0.2) is 4.83 Å². The first-order valence-electron chi connectivity index (χ1n) is 7.27. The Morgan fingerprint density at radius 2 is 2.05 bits per heavy atom. The molecule has 0 N–H and O–H groups in total. The maximum atomic E-state index is 13.3. The van der Waals surface area contributed by atoms with Crippen LogP contribution in [0.4, 0.5) is 4.39 Å². The fraction of sp³-hybridized carbons (Fsp3) is 0.647. The number of rotatable bonds is 3. The van der Waals surface area contributed by atoms with Crippen molar-refractivity contribution in [2.24, 2.45) is 17.3 Å². The van der Waals surface area contributed by atoms with E-state index in [1.54, 1.807) is 6.07 Å². The van der Waals surface area contributed by atoms with E-state index in [4.69, 9.17) is 0 Å². The summed E-state index contributed by atoms with van der Waals surface area (Å²) in [5, 5.41) is 0. The van der Waals surface area contributed by atoms with Crippen molar-refractivity contribution >= 4 is 15.9 Å². The molecule has 2 heteroatoms. The van der Waals surface area contributed by atoms with Gasteiger partial charge < -0.3 is 0 Å². The topological polar surface area (TPSA) is 0 Å². The fourth-order valence-electron chi connectivity index (χ4n) is 3.50. The number of hydrogen-bond donors (Lipinski definition) is 0. The van der Waals surface area contributed by atoms with E-state index in [2.05, 4.69) is 36.7 Å². The lowest BCUT2D eigenvalue weighted by Crippen LogP contribution is -2.37. The molecule has 3 unspecified atom stereocenters. The van der Waals surface area contributed by atoms with Crippen LogP contribution in [0, 0.1) is 23.1 Å². The van der Waals surface area contributed by atoms with Gasteiger partial charge in [0.2, 0.25) is 0 Å². The minimum atomic E-state index is -0.124. The van der Waals surface area contributed by atoms with Gasteiger partial charge in [-0.2, -0.15) is 0 Å². The first-order valence-corrected chi connectivity index (χ1v) is 8.18. The predicted molar refractivity (Wildman–Crippen MR) is 83.1 cm³/mol. The zero-order chi connectivity index (χ0) is 14.0. The third-order valence-electron chi connectivity index (χ3n) is 4.59. The molecule has 1 aromatic rings. The SMILES string of the molecule is CC1CCC(C(C)(C)Cc2cccc(F)c2)C(Br)C1. The molecule has 0 aromatic heterocycles. The highest BCUT2D eigenvalue weighted by atomic mass is 79.9. The number of alkyl halides is 1. The summed E-state index contributed by atoms with van der Waals surface area (Å²) in [6.07, 6.45) is 4.81. The van der Waals surface area contributed by atoms with Crippen molar-refractivity contribution in [3.05, 3.63) is 35.6 Å². The lowest BCUT2D eigenvalue weighted by molar-refractivity contribution is 0.147. The van der Waals surface area contributed by atoms with E-state index in [0.29, 0.717) is 10.7 Å². The van der Waals surface area contributed by atoms with Crippen molar-refractivity contribution in [3.63, 3.8) is 0 Å². The summed E-state index contributed by atoms with van der Waals surface area (Å²) in [5.74, 6) is 1.37. The Morgan fingerprint density at radius 1 is 1.32 bits per heavy atom. The van der Waals surface area contributed by atoms with E-state index in [9.17, 15) is 4.39 Å². The van der Waals surface area contributed by atoms with Crippen LogP contribution in [0.3, 0.4) is 0 Å². The summed E-state index contributed by atoms with van der Waals surface area (Å²) < 4.78 is 13.3. The molecular formula is C17H24BrF. The highest BCUT2D eigenvalue weighted by molar-refractivity contribution is 9.09. The minimum Gasteiger partial charge on any atom is -0.207 e. The molecule has 0 heterocycles. The molecule has 106 valence electrons. The molecule has 1 fully saturated rings. The third kappa shape index (κ3) is 3.81. The van der Waals surface area contributed by atoms with Gasteiger partial charge in [-0.3, -0.25) is 0 Å². The number of hydrogen-bond acceptors (Lipinski definition) is 0. The second kappa shape index (κ2) is 5.95. The van der Waals surface area contributed by atoms with E-state index in [1.807, 2.05) is 12.1 Å². The Labute approximate surface area is 124 Å². The maximum absolute atomic E-state index is 13.3. The van der Waals surface area contributed by atoms with E-state index < -0.39 is 0 Å². The van der Waals surface area contributed by atoms with Gasteiger partial charge in [-0.15, -0.1) is 0 Å². The Morgan fingerprint density at radius 3 is 2.68 bits per heavy atom. The van der Waals surface area contributed by atoms with Crippen LogP contribution in [0.5, 0.6) is 0 Å². The monoisotopic (exact) mass is 326 g/mol. The average molecular weight is 327 g/mol. The molecule has 3 atom stereocenters. The largest absolute Gasteiger partial charge is 0.207 e. The second-order valence-electron chi connectivity index (χ2n) is 6.84. The molecule has 0 spiro atoms. The van der Waals surface area contributed by atoms with Crippen LogP contribution in [-0.2, 0) is 6.42 Å². The van der Waals surface area contributed by atoms with Crippen LogP contribution in [0.2, 0.25) is 0 Å². The van der Waals surface area contributed by atoms with Gasteiger partial charge in [0.05, 0.1) is 0 Å². The van der Waals surface area contributed by atoms with Gasteiger partial charge in [0.1, 0.15) is 5.82 Å². The minimum absolute atomic E-state index is 0.124. The highest BCUT2D eigenvalue weighted by Crippen LogP contribution is 2.45. The van der Waals surface area contributed by atoms with Gasteiger partial charge in [-0.25, -0.2) is 4.39 Å². The summed E-state index contributed by atoms with van der Waals surface area (Å²) in [5.41, 5.74) is 1.32. The molecule has 0 bridgehead atoms. The molecule has 1 saturated carbocycles. The quantitative estimate of drug-likeness (QED) is 0.635.